The van der Waals surface area contributed by atoms with Crippen molar-refractivity contribution in [1.29, 1.82) is 0 Å². The van der Waals surface area contributed by atoms with Crippen LogP contribution in [0.5, 0.6) is 0 Å². The Hall–Kier alpha value is 1.16. The van der Waals surface area contributed by atoms with Crippen LogP contribution in [-0.2, 0) is 15.9 Å². The Balaban J connectivity index is -0.0000000200. The van der Waals surface area contributed by atoms with E-state index < -0.39 is 0 Å². The molecule has 0 aromatic heterocycles. The quantitative estimate of drug-likeness (QED) is 0.599. The molecular weight excluding hydrogens is 205 g/mol. The Morgan fingerprint density at radius 1 is 1.00 bits per heavy atom. The van der Waals surface area contributed by atoms with Gasteiger partial charge in [0.05, 0.1) is 0 Å². The van der Waals surface area contributed by atoms with Crippen LogP contribution < -0.4 is 12.3 Å². The Labute approximate surface area is 47.5 Å². The minimum atomic E-state index is -0.106. The van der Waals surface area contributed by atoms with E-state index in [4.69, 9.17) is 19.1 Å². The molecule has 0 radical (unpaired) electrons. The van der Waals surface area contributed by atoms with Gasteiger partial charge in [0.2, 0.25) is 0 Å². The summed E-state index contributed by atoms with van der Waals surface area (Å²) in [5.74, 6) is 0. The predicted molar refractivity (Wildman–Crippen MR) is 21.8 cm³/mol. The molecule has 0 spiro atoms. The van der Waals surface area contributed by atoms with Crippen LogP contribution in [0.15, 0.2) is 0 Å². The van der Waals surface area contributed by atoms with Gasteiger partial charge in [0, 0.05) is 0 Å². The summed E-state index contributed by atoms with van der Waals surface area (Å²) in [5.41, 5.74) is 0. The van der Waals surface area contributed by atoms with Crippen molar-refractivity contribution in [3.8, 4) is 0 Å². The topological polar surface area (TPSA) is 70.0 Å². The van der Waals surface area contributed by atoms with Crippen molar-refractivity contribution in [2.24, 2.45) is 0 Å². The zero-order valence-electron chi connectivity index (χ0n) is 2.49. The fraction of sp³-hybridized carbons (Fsp3) is 0. The predicted octanol–water partition coefficient (Wildman–Crippen LogP) is 1.70. The van der Waals surface area contributed by atoms with Gasteiger partial charge in [-0.3, -0.25) is 0 Å². The van der Waals surface area contributed by atoms with Crippen LogP contribution in [0.1, 0.15) is 0 Å². The first-order valence-corrected chi connectivity index (χ1v) is 4.24. The number of hydrogen-bond acceptors (Lipinski definition) is 2. The molecule has 0 aliphatic rings. The van der Waals surface area contributed by atoms with Crippen LogP contribution in [0.2, 0.25) is 0 Å². The molecule has 0 saturated heterocycles. The van der Waals surface area contributed by atoms with E-state index in [2.05, 4.69) is 0 Å². The third-order valence-corrected chi connectivity index (χ3v) is 0. The van der Waals surface area contributed by atoms with Gasteiger partial charge in [-0.1, -0.05) is 0 Å². The molecule has 0 aromatic carbocycles. The second kappa shape index (κ2) is 19.1. The first-order chi connectivity index (χ1) is 1.41. The molecule has 0 aliphatic heterocycles. The molecule has 0 aliphatic carbocycles. The van der Waals surface area contributed by atoms with Crippen molar-refractivity contribution >= 4 is 19.1 Å². The number of halogens is 2. The molecule has 0 amide bonds. The van der Waals surface area contributed by atoms with E-state index in [9.17, 15) is 0 Å². The van der Waals surface area contributed by atoms with Gasteiger partial charge < -0.3 is 12.3 Å². The molecular formula is H6Cl2N2Pd-. The van der Waals surface area contributed by atoms with Gasteiger partial charge in [0.25, 0.3) is 0 Å². The molecule has 0 rings (SSSR count). The van der Waals surface area contributed by atoms with Crippen LogP contribution in [-0.4, -0.2) is 0 Å². The molecule has 2 nitrogen and oxygen atoms in total. The van der Waals surface area contributed by atoms with Crippen molar-refractivity contribution in [3.05, 3.63) is 0 Å². The summed E-state index contributed by atoms with van der Waals surface area (Å²) >= 11 is -0.106. The van der Waals surface area contributed by atoms with Crippen LogP contribution in [0.4, 0.5) is 0 Å². The fourth-order valence-electron chi connectivity index (χ4n) is 0. The van der Waals surface area contributed by atoms with E-state index >= 15 is 0 Å². The first kappa shape index (κ1) is 16.4. The first-order valence-electron chi connectivity index (χ1n) is 0.239. The molecule has 0 bridgehead atoms. The Morgan fingerprint density at radius 3 is 1.00 bits per heavy atom. The molecule has 0 saturated carbocycles. The van der Waals surface area contributed by atoms with Gasteiger partial charge in [0.15, 0.2) is 0 Å². The van der Waals surface area contributed by atoms with Gasteiger partial charge in [0.1, 0.15) is 0 Å². The van der Waals surface area contributed by atoms with Crippen LogP contribution in [0.25, 0.3) is 0 Å². The zero-order valence-corrected chi connectivity index (χ0v) is 5.55. The van der Waals surface area contributed by atoms with E-state index in [-0.39, 0.29) is 28.2 Å². The maximum absolute atomic E-state index is 4.81. The van der Waals surface area contributed by atoms with Gasteiger partial charge in [-0.2, -0.15) is 0 Å². The Morgan fingerprint density at radius 2 is 1.00 bits per heavy atom. The van der Waals surface area contributed by atoms with Crippen LogP contribution in [0, 0.1) is 0 Å². The second-order valence-electron chi connectivity index (χ2n) is 0.0452. The van der Waals surface area contributed by atoms with Crippen molar-refractivity contribution in [2.45, 2.75) is 0 Å². The van der Waals surface area contributed by atoms with Gasteiger partial charge in [-0.25, -0.2) is 0 Å². The zero-order chi connectivity index (χ0) is 2.71. The molecule has 0 aromatic rings. The fourth-order valence-corrected chi connectivity index (χ4v) is 0. The molecule has 5 heteroatoms. The maximum atomic E-state index is 4.81. The average molecular weight is 211 g/mol. The molecule has 5 heavy (non-hydrogen) atoms. The summed E-state index contributed by atoms with van der Waals surface area (Å²) in [6.07, 6.45) is 0. The van der Waals surface area contributed by atoms with Crippen molar-refractivity contribution < 1.29 is 15.9 Å². The molecule has 0 unspecified atom stereocenters. The number of rotatable bonds is 0. The molecule has 0 atom stereocenters. The molecule has 41 valence electrons. The van der Waals surface area contributed by atoms with Crippen molar-refractivity contribution in [3.63, 3.8) is 0 Å². The molecule has 6 N–H and O–H groups in total. The Kier molecular flexibility index (Phi) is 62.8. The standard InChI is InChI=1S/2ClH.2H3N.Pd/h2*1H;2*1H3;/q;;;;+1/p-2. The van der Waals surface area contributed by atoms with Crippen molar-refractivity contribution in [2.75, 3.05) is 0 Å². The summed E-state index contributed by atoms with van der Waals surface area (Å²) in [7, 11) is 9.63. The van der Waals surface area contributed by atoms with Crippen LogP contribution >= 0.6 is 19.1 Å². The molecule has 0 heterocycles. The van der Waals surface area contributed by atoms with Gasteiger partial charge in [-0.05, 0) is 0 Å². The summed E-state index contributed by atoms with van der Waals surface area (Å²) in [4.78, 5) is 0. The summed E-state index contributed by atoms with van der Waals surface area (Å²) < 4.78 is 0. The van der Waals surface area contributed by atoms with Gasteiger partial charge in [-0.15, -0.1) is 0 Å². The summed E-state index contributed by atoms with van der Waals surface area (Å²) in [5, 5.41) is 0. The second-order valence-corrected chi connectivity index (χ2v) is 2.41. The van der Waals surface area contributed by atoms with E-state index in [0.29, 0.717) is 0 Å². The average Bonchev–Trinajstić information content (AvgIpc) is 0.918. The SMILES string of the molecule is N.N.[Cl][Pd-][Cl]. The number of hydrogen-bond donors (Lipinski definition) is 2. The third kappa shape index (κ3) is 38.2. The van der Waals surface area contributed by atoms with Gasteiger partial charge >= 0.3 is 35.0 Å². The van der Waals surface area contributed by atoms with Crippen molar-refractivity contribution in [1.82, 2.24) is 12.3 Å². The van der Waals surface area contributed by atoms with Crippen LogP contribution in [0.3, 0.4) is 0 Å². The van der Waals surface area contributed by atoms with E-state index in [1.165, 1.54) is 0 Å². The van der Waals surface area contributed by atoms with E-state index in [0.717, 1.165) is 0 Å². The normalized spacial score (nSPS) is 4.40. The van der Waals surface area contributed by atoms with E-state index in [1.807, 2.05) is 0 Å². The van der Waals surface area contributed by atoms with E-state index in [1.54, 1.807) is 0 Å². The molecule has 0 fully saturated rings. The third-order valence-electron chi connectivity index (χ3n) is 0. The monoisotopic (exact) mass is 210 g/mol. The Bertz CT molecular complexity index is 7.61. The summed E-state index contributed by atoms with van der Waals surface area (Å²) in [6, 6.07) is 0. The summed E-state index contributed by atoms with van der Waals surface area (Å²) in [6.45, 7) is 0. The minimum absolute atomic E-state index is 0.